The Morgan fingerprint density at radius 1 is 1.21 bits per heavy atom. The maximum Gasteiger partial charge on any atom is 0.326 e. The second-order valence-electron chi connectivity index (χ2n) is 5.38. The van der Waals surface area contributed by atoms with Crippen molar-refractivity contribution in [3.8, 4) is 0 Å². The molecule has 0 amide bonds. The minimum Gasteiger partial charge on any atom is -0.468 e. The highest BCUT2D eigenvalue weighted by molar-refractivity contribution is 5.83. The maximum absolute atomic E-state index is 12.4. The number of piperazine rings is 1. The van der Waals surface area contributed by atoms with Gasteiger partial charge in [0, 0.05) is 39.0 Å². The van der Waals surface area contributed by atoms with E-state index in [-0.39, 0.29) is 5.97 Å². The molecule has 1 aromatic rings. The normalized spacial score (nSPS) is 21.9. The third-order valence-corrected chi connectivity index (χ3v) is 4.37. The second kappa shape index (κ2) is 4.94. The van der Waals surface area contributed by atoms with Gasteiger partial charge in [0.05, 0.1) is 7.11 Å². The van der Waals surface area contributed by atoms with Crippen molar-refractivity contribution in [3.05, 3.63) is 35.4 Å². The van der Waals surface area contributed by atoms with Gasteiger partial charge in [-0.25, -0.2) is 0 Å². The molecule has 1 aromatic carbocycles. The molecular weight excluding hydrogens is 240 g/mol. The van der Waals surface area contributed by atoms with E-state index in [9.17, 15) is 4.79 Å². The van der Waals surface area contributed by atoms with Crippen molar-refractivity contribution in [1.82, 2.24) is 10.2 Å². The zero-order valence-electron chi connectivity index (χ0n) is 11.3. The van der Waals surface area contributed by atoms with E-state index < -0.39 is 5.54 Å². The van der Waals surface area contributed by atoms with E-state index >= 15 is 0 Å². The Morgan fingerprint density at radius 3 is 2.32 bits per heavy atom. The molecule has 19 heavy (non-hydrogen) atoms. The zero-order chi connectivity index (χ0) is 13.3. The Kier molecular flexibility index (Phi) is 3.29. The van der Waals surface area contributed by atoms with E-state index in [1.54, 1.807) is 0 Å². The van der Waals surface area contributed by atoms with Crippen molar-refractivity contribution < 1.29 is 9.53 Å². The summed E-state index contributed by atoms with van der Waals surface area (Å²) in [6.07, 6.45) is 1.55. The smallest absolute Gasteiger partial charge is 0.326 e. The molecule has 0 radical (unpaired) electrons. The summed E-state index contributed by atoms with van der Waals surface area (Å²) in [5.74, 6) is -0.0920. The largest absolute Gasteiger partial charge is 0.468 e. The molecule has 3 rings (SSSR count). The Labute approximate surface area is 113 Å². The summed E-state index contributed by atoms with van der Waals surface area (Å²) >= 11 is 0. The summed E-state index contributed by atoms with van der Waals surface area (Å²) in [7, 11) is 1.50. The molecule has 1 fully saturated rings. The highest BCUT2D eigenvalue weighted by Gasteiger charge is 2.49. The molecule has 0 aromatic heterocycles. The van der Waals surface area contributed by atoms with Crippen molar-refractivity contribution in [2.24, 2.45) is 0 Å². The van der Waals surface area contributed by atoms with E-state index in [0.29, 0.717) is 0 Å². The lowest BCUT2D eigenvalue weighted by Crippen LogP contribution is -2.61. The van der Waals surface area contributed by atoms with Crippen LogP contribution >= 0.6 is 0 Å². The van der Waals surface area contributed by atoms with Gasteiger partial charge in [-0.3, -0.25) is 9.69 Å². The molecule has 4 heteroatoms. The maximum atomic E-state index is 12.4. The number of fused-ring (bicyclic) bond motifs is 1. The standard InChI is InChI=1S/C15H20N2O2/c1-19-14(18)15(17-8-6-16-7-9-17)10-12-4-2-3-5-13(12)11-15/h2-5,16H,6-11H2,1H3. The number of methoxy groups -OCH3 is 1. The lowest BCUT2D eigenvalue weighted by Gasteiger charge is -2.41. The summed E-state index contributed by atoms with van der Waals surface area (Å²) in [6.45, 7) is 3.69. The van der Waals surface area contributed by atoms with Crippen molar-refractivity contribution in [1.29, 1.82) is 0 Å². The molecule has 2 aliphatic rings. The van der Waals surface area contributed by atoms with Crippen molar-refractivity contribution >= 4 is 5.97 Å². The molecule has 1 saturated heterocycles. The van der Waals surface area contributed by atoms with Gasteiger partial charge in [-0.2, -0.15) is 0 Å². The van der Waals surface area contributed by atoms with Crippen LogP contribution in [-0.4, -0.2) is 49.7 Å². The highest BCUT2D eigenvalue weighted by Crippen LogP contribution is 2.35. The average molecular weight is 260 g/mol. The van der Waals surface area contributed by atoms with Crippen LogP contribution in [0.1, 0.15) is 11.1 Å². The van der Waals surface area contributed by atoms with Crippen LogP contribution in [0.5, 0.6) is 0 Å². The molecule has 1 aliphatic carbocycles. The number of hydrogen-bond acceptors (Lipinski definition) is 4. The molecule has 1 heterocycles. The summed E-state index contributed by atoms with van der Waals surface area (Å²) in [5.41, 5.74) is 2.08. The molecular formula is C15H20N2O2. The van der Waals surface area contributed by atoms with Gasteiger partial charge in [0.15, 0.2) is 0 Å². The number of nitrogens with one attached hydrogen (secondary N) is 1. The molecule has 0 saturated carbocycles. The van der Waals surface area contributed by atoms with Crippen LogP contribution in [0.4, 0.5) is 0 Å². The number of hydrogen-bond donors (Lipinski definition) is 1. The average Bonchev–Trinajstić information content (AvgIpc) is 2.88. The minimum absolute atomic E-state index is 0.0920. The first-order valence-electron chi connectivity index (χ1n) is 6.87. The fraction of sp³-hybridized carbons (Fsp3) is 0.533. The zero-order valence-corrected chi connectivity index (χ0v) is 11.3. The SMILES string of the molecule is COC(=O)C1(N2CCNCC2)Cc2ccccc2C1. The Bertz CT molecular complexity index is 456. The van der Waals surface area contributed by atoms with Gasteiger partial charge in [-0.05, 0) is 11.1 Å². The molecule has 1 N–H and O–H groups in total. The summed E-state index contributed by atoms with van der Waals surface area (Å²) in [4.78, 5) is 14.7. The molecule has 0 atom stereocenters. The molecule has 4 nitrogen and oxygen atoms in total. The first-order chi connectivity index (χ1) is 9.26. The van der Waals surface area contributed by atoms with Crippen LogP contribution in [0, 0.1) is 0 Å². The number of carbonyl (C=O) groups is 1. The van der Waals surface area contributed by atoms with Gasteiger partial charge in [0.25, 0.3) is 0 Å². The van der Waals surface area contributed by atoms with Gasteiger partial charge in [0.2, 0.25) is 0 Å². The molecule has 0 spiro atoms. The van der Waals surface area contributed by atoms with Gasteiger partial charge < -0.3 is 10.1 Å². The van der Waals surface area contributed by atoms with Gasteiger partial charge in [0.1, 0.15) is 5.54 Å². The van der Waals surface area contributed by atoms with Gasteiger partial charge in [-0.15, -0.1) is 0 Å². The number of esters is 1. The number of carbonyl (C=O) groups excluding carboxylic acids is 1. The van der Waals surface area contributed by atoms with Crippen molar-refractivity contribution in [3.63, 3.8) is 0 Å². The Hall–Kier alpha value is -1.39. The third-order valence-electron chi connectivity index (χ3n) is 4.37. The molecule has 0 unspecified atom stereocenters. The molecule has 0 bridgehead atoms. The monoisotopic (exact) mass is 260 g/mol. The van der Waals surface area contributed by atoms with E-state index in [4.69, 9.17) is 4.74 Å². The quantitative estimate of drug-likeness (QED) is 0.791. The fourth-order valence-electron chi connectivity index (χ4n) is 3.37. The lowest BCUT2D eigenvalue weighted by molar-refractivity contribution is -0.155. The van der Waals surface area contributed by atoms with Crippen LogP contribution in [-0.2, 0) is 22.4 Å². The number of rotatable bonds is 2. The second-order valence-corrected chi connectivity index (χ2v) is 5.38. The van der Waals surface area contributed by atoms with E-state index in [2.05, 4.69) is 22.3 Å². The van der Waals surface area contributed by atoms with Crippen molar-refractivity contribution in [2.75, 3.05) is 33.3 Å². The van der Waals surface area contributed by atoms with Gasteiger partial charge in [-0.1, -0.05) is 24.3 Å². The number of nitrogens with zero attached hydrogens (tertiary/aromatic N) is 1. The van der Waals surface area contributed by atoms with E-state index in [1.807, 2.05) is 12.1 Å². The Morgan fingerprint density at radius 2 is 1.79 bits per heavy atom. The number of ether oxygens (including phenoxy) is 1. The topological polar surface area (TPSA) is 41.6 Å². The Balaban J connectivity index is 1.94. The van der Waals surface area contributed by atoms with Gasteiger partial charge >= 0.3 is 5.97 Å². The summed E-state index contributed by atoms with van der Waals surface area (Å²) < 4.78 is 5.12. The van der Waals surface area contributed by atoms with Crippen molar-refractivity contribution in [2.45, 2.75) is 18.4 Å². The van der Waals surface area contributed by atoms with Crippen LogP contribution in [0.15, 0.2) is 24.3 Å². The summed E-state index contributed by atoms with van der Waals surface area (Å²) in [6, 6.07) is 8.35. The van der Waals surface area contributed by atoms with E-state index in [1.165, 1.54) is 18.2 Å². The van der Waals surface area contributed by atoms with E-state index in [0.717, 1.165) is 39.0 Å². The lowest BCUT2D eigenvalue weighted by atomic mass is 9.92. The van der Waals surface area contributed by atoms with Crippen LogP contribution in [0.2, 0.25) is 0 Å². The van der Waals surface area contributed by atoms with Crippen LogP contribution < -0.4 is 5.32 Å². The van der Waals surface area contributed by atoms with Crippen LogP contribution in [0.3, 0.4) is 0 Å². The molecule has 102 valence electrons. The molecule has 1 aliphatic heterocycles. The first-order valence-corrected chi connectivity index (χ1v) is 6.87. The highest BCUT2D eigenvalue weighted by atomic mass is 16.5. The summed E-state index contributed by atoms with van der Waals surface area (Å²) in [5, 5.41) is 3.34. The van der Waals surface area contributed by atoms with Crippen LogP contribution in [0.25, 0.3) is 0 Å². The third kappa shape index (κ3) is 2.05. The fourth-order valence-corrected chi connectivity index (χ4v) is 3.37. The predicted molar refractivity (Wildman–Crippen MR) is 73.0 cm³/mol. The number of benzene rings is 1. The predicted octanol–water partition coefficient (Wildman–Crippen LogP) is 0.602. The first kappa shape index (κ1) is 12.6. The minimum atomic E-state index is -0.486.